The van der Waals surface area contributed by atoms with E-state index in [0.717, 1.165) is 11.3 Å². The average molecular weight is 266 g/mol. The molecule has 19 heavy (non-hydrogen) atoms. The first kappa shape index (κ1) is 11.7. The van der Waals surface area contributed by atoms with Crippen LogP contribution < -0.4 is 0 Å². The highest BCUT2D eigenvalue weighted by Gasteiger charge is 2.33. The molecule has 2 aliphatic heterocycles. The minimum Gasteiger partial charge on any atom is -0.270 e. The van der Waals surface area contributed by atoms with Crippen molar-refractivity contribution in [3.05, 3.63) is 59.3 Å². The molecule has 2 heterocycles. The third kappa shape index (κ3) is 1.76. The van der Waals surface area contributed by atoms with Gasteiger partial charge in [0.15, 0.2) is 0 Å². The molecule has 0 fully saturated rings. The van der Waals surface area contributed by atoms with Gasteiger partial charge in [-0.15, -0.1) is 10.9 Å². The van der Waals surface area contributed by atoms with Gasteiger partial charge in [-0.25, -0.2) is 0 Å². The van der Waals surface area contributed by atoms with Crippen LogP contribution in [0.5, 0.6) is 0 Å². The van der Waals surface area contributed by atoms with E-state index in [1.54, 1.807) is 17.1 Å². The zero-order valence-corrected chi connectivity index (χ0v) is 11.1. The first-order valence-corrected chi connectivity index (χ1v) is 6.64. The predicted octanol–water partition coefficient (Wildman–Crippen LogP) is 2.28. The molecule has 92 valence electrons. The van der Waals surface area contributed by atoms with Crippen molar-refractivity contribution in [3.8, 4) is 6.07 Å². The highest BCUT2D eigenvalue weighted by molar-refractivity contribution is 8.01. The molecule has 0 unspecified atom stereocenters. The van der Waals surface area contributed by atoms with Crippen LogP contribution in [-0.2, 0) is 4.79 Å². The smallest absolute Gasteiger partial charge is 0.270 e. The van der Waals surface area contributed by atoms with Crippen molar-refractivity contribution >= 4 is 26.7 Å². The molecule has 0 spiro atoms. The third-order valence-corrected chi connectivity index (χ3v) is 4.24. The minimum absolute atomic E-state index is 0.0548. The Morgan fingerprint density at radius 3 is 2.63 bits per heavy atom. The summed E-state index contributed by atoms with van der Waals surface area (Å²) in [7, 11) is 1.37. The topological polar surface area (TPSA) is 44.1 Å². The Morgan fingerprint density at radius 2 is 1.95 bits per heavy atom. The van der Waals surface area contributed by atoms with Crippen molar-refractivity contribution in [2.24, 2.45) is 0 Å². The first-order valence-electron chi connectivity index (χ1n) is 5.83. The fraction of sp³-hybridized carbons (Fsp3) is 0.0667. The van der Waals surface area contributed by atoms with Gasteiger partial charge in [-0.05, 0) is 24.6 Å². The number of fused-ring (bicyclic) bond motifs is 1. The molecule has 0 aliphatic carbocycles. The molecule has 1 amide bonds. The van der Waals surface area contributed by atoms with E-state index in [0.29, 0.717) is 15.4 Å². The Balaban J connectivity index is 2.18. The second kappa shape index (κ2) is 4.38. The fourth-order valence-electron chi connectivity index (χ4n) is 2.08. The number of hydrogen-bond donors (Lipinski definition) is 0. The summed E-state index contributed by atoms with van der Waals surface area (Å²) >= 11 is 0. The lowest BCUT2D eigenvalue weighted by molar-refractivity contribution is -0.118. The molecule has 0 N–H and O–H groups in total. The number of rotatable bonds is 1. The van der Waals surface area contributed by atoms with E-state index in [1.165, 1.54) is 10.9 Å². The molecule has 1 aromatic carbocycles. The fourth-order valence-corrected chi connectivity index (χ4v) is 3.25. The Morgan fingerprint density at radius 1 is 1.21 bits per heavy atom. The lowest BCUT2D eigenvalue weighted by Crippen LogP contribution is -2.36. The van der Waals surface area contributed by atoms with Crippen LogP contribution in [0.2, 0.25) is 0 Å². The summed E-state index contributed by atoms with van der Waals surface area (Å²) in [6, 6.07) is 11.7. The van der Waals surface area contributed by atoms with Gasteiger partial charge in [0.2, 0.25) is 0 Å². The van der Waals surface area contributed by atoms with Crippen LogP contribution >= 0.6 is 10.9 Å². The summed E-state index contributed by atoms with van der Waals surface area (Å²) in [4.78, 5) is 15.5. The number of amides is 1. The number of carbonyl (C=O) groups is 1. The summed E-state index contributed by atoms with van der Waals surface area (Å²) in [5.41, 5.74) is 2.27. The number of benzene rings is 1. The molecule has 3 rings (SSSR count). The Bertz CT molecular complexity index is 744. The van der Waals surface area contributed by atoms with Gasteiger partial charge in [0.1, 0.15) is 15.9 Å². The first-order chi connectivity index (χ1) is 9.22. The minimum atomic E-state index is -0.0548. The zero-order valence-electron chi connectivity index (χ0n) is 10.3. The predicted molar refractivity (Wildman–Crippen MR) is 77.4 cm³/mol. The molecule has 0 saturated heterocycles. The number of hydrogen-bond acceptors (Lipinski definition) is 2. The normalized spacial score (nSPS) is 17.5. The van der Waals surface area contributed by atoms with Crippen LogP contribution in [0.3, 0.4) is 0 Å². The molecule has 0 aromatic heterocycles. The van der Waals surface area contributed by atoms with Crippen LogP contribution in [0.15, 0.2) is 53.8 Å². The Hall–Kier alpha value is -2.38. The van der Waals surface area contributed by atoms with Crippen LogP contribution in [0, 0.1) is 11.3 Å². The van der Waals surface area contributed by atoms with Gasteiger partial charge in [0, 0.05) is 5.70 Å². The van der Waals surface area contributed by atoms with Gasteiger partial charge in [0.05, 0.1) is 5.57 Å². The molecular formula is C15H10N2OS. The van der Waals surface area contributed by atoms with Crippen LogP contribution in [0.1, 0.15) is 12.5 Å². The summed E-state index contributed by atoms with van der Waals surface area (Å²) in [5, 5.41) is 9.14. The SMILES string of the molecule is CC1=CC=C(C#N)C2=S=C(c3ccccc3)C(=O)N12. The molecule has 0 bridgehead atoms. The van der Waals surface area contributed by atoms with E-state index in [-0.39, 0.29) is 5.91 Å². The van der Waals surface area contributed by atoms with E-state index in [1.807, 2.05) is 37.3 Å². The average Bonchev–Trinajstić information content (AvgIpc) is 2.79. The molecule has 0 radical (unpaired) electrons. The monoisotopic (exact) mass is 266 g/mol. The maximum atomic E-state index is 12.5. The van der Waals surface area contributed by atoms with Gasteiger partial charge in [-0.2, -0.15) is 5.26 Å². The summed E-state index contributed by atoms with van der Waals surface area (Å²) < 4.78 is 0. The van der Waals surface area contributed by atoms with Crippen molar-refractivity contribution in [2.75, 3.05) is 0 Å². The van der Waals surface area contributed by atoms with Crippen molar-refractivity contribution in [3.63, 3.8) is 0 Å². The zero-order chi connectivity index (χ0) is 13.4. The standard InChI is InChI=1S/C15H10N2OS/c1-10-7-8-12(9-16)15-17(10)14(18)13(19-15)11-5-3-2-4-6-11/h2-8H,1H3. The van der Waals surface area contributed by atoms with Gasteiger partial charge >= 0.3 is 0 Å². The lowest BCUT2D eigenvalue weighted by atomic mass is 10.1. The van der Waals surface area contributed by atoms with Crippen molar-refractivity contribution in [1.82, 2.24) is 4.90 Å². The quantitative estimate of drug-likeness (QED) is 0.732. The molecular weight excluding hydrogens is 256 g/mol. The molecule has 4 heteroatoms. The Labute approximate surface area is 114 Å². The molecule has 2 aliphatic rings. The van der Waals surface area contributed by atoms with E-state index in [2.05, 4.69) is 6.07 Å². The highest BCUT2D eigenvalue weighted by atomic mass is 32.1. The Kier molecular flexibility index (Phi) is 2.69. The number of nitrogens with zero attached hydrogens (tertiary/aromatic N) is 2. The van der Waals surface area contributed by atoms with Gasteiger partial charge in [-0.1, -0.05) is 30.3 Å². The molecule has 1 aromatic rings. The van der Waals surface area contributed by atoms with E-state index in [9.17, 15) is 4.79 Å². The number of allylic oxidation sites excluding steroid dienone is 3. The second-order valence-corrected chi connectivity index (χ2v) is 5.24. The highest BCUT2D eigenvalue weighted by Crippen LogP contribution is 2.25. The molecule has 0 saturated carbocycles. The van der Waals surface area contributed by atoms with Gasteiger partial charge in [0.25, 0.3) is 5.91 Å². The largest absolute Gasteiger partial charge is 0.273 e. The number of carbonyl (C=O) groups excluding carboxylic acids is 1. The van der Waals surface area contributed by atoms with E-state index < -0.39 is 0 Å². The van der Waals surface area contributed by atoms with E-state index in [4.69, 9.17) is 5.26 Å². The summed E-state index contributed by atoms with van der Waals surface area (Å²) in [5.74, 6) is -0.0548. The number of nitriles is 1. The molecule has 0 atom stereocenters. The second-order valence-electron chi connectivity index (χ2n) is 4.24. The summed E-state index contributed by atoms with van der Waals surface area (Å²) in [6.07, 6.45) is 3.56. The van der Waals surface area contributed by atoms with Gasteiger partial charge < -0.3 is 0 Å². The summed E-state index contributed by atoms with van der Waals surface area (Å²) in [6.45, 7) is 1.87. The van der Waals surface area contributed by atoms with Crippen molar-refractivity contribution in [1.29, 1.82) is 5.26 Å². The maximum Gasteiger partial charge on any atom is 0.273 e. The van der Waals surface area contributed by atoms with Crippen LogP contribution in [0.25, 0.3) is 0 Å². The van der Waals surface area contributed by atoms with Crippen LogP contribution in [-0.4, -0.2) is 20.7 Å². The van der Waals surface area contributed by atoms with Crippen molar-refractivity contribution < 1.29 is 4.79 Å². The third-order valence-electron chi connectivity index (χ3n) is 3.03. The maximum absolute atomic E-state index is 12.5. The van der Waals surface area contributed by atoms with Crippen molar-refractivity contribution in [2.45, 2.75) is 6.92 Å². The van der Waals surface area contributed by atoms with Gasteiger partial charge in [-0.3, -0.25) is 9.69 Å². The lowest BCUT2D eigenvalue weighted by Gasteiger charge is -2.23. The van der Waals surface area contributed by atoms with E-state index >= 15 is 0 Å². The van der Waals surface area contributed by atoms with Crippen LogP contribution in [0.4, 0.5) is 0 Å². The molecule has 3 nitrogen and oxygen atoms in total.